The van der Waals surface area contributed by atoms with Crippen LogP contribution in [-0.2, 0) is 12.0 Å². The first-order valence-corrected chi connectivity index (χ1v) is 13.4. The quantitative estimate of drug-likeness (QED) is 0.454. The molecule has 5 nitrogen and oxygen atoms in total. The molecule has 3 aromatic rings. The smallest absolute Gasteiger partial charge is 0.136 e. The number of methoxy groups -OCH3 is 1. The molecule has 1 unspecified atom stereocenters. The Morgan fingerprint density at radius 2 is 1.46 bits per heavy atom. The number of hydrogen-bond acceptors (Lipinski definition) is 5. The van der Waals surface area contributed by atoms with Crippen LogP contribution in [0.15, 0.2) is 54.6 Å². The third-order valence-electron chi connectivity index (χ3n) is 8.63. The normalized spacial score (nSPS) is 20.5. The van der Waals surface area contributed by atoms with Crippen LogP contribution in [0.2, 0.25) is 0 Å². The topological polar surface area (TPSA) is 45.2 Å². The van der Waals surface area contributed by atoms with Crippen LogP contribution < -0.4 is 19.3 Å². The predicted molar refractivity (Wildman–Crippen MR) is 151 cm³/mol. The fourth-order valence-electron chi connectivity index (χ4n) is 6.22. The van der Waals surface area contributed by atoms with Crippen LogP contribution in [0.4, 0.5) is 11.4 Å². The van der Waals surface area contributed by atoms with Gasteiger partial charge in [-0.1, -0.05) is 30.3 Å². The summed E-state index contributed by atoms with van der Waals surface area (Å²) in [6, 6.07) is 18.7. The Balaban J connectivity index is 1.44. The summed E-state index contributed by atoms with van der Waals surface area (Å²) in [5, 5.41) is 12.3. The lowest BCUT2D eigenvalue weighted by Crippen LogP contribution is -2.48. The number of piperazine rings is 1. The molecule has 2 aliphatic heterocycles. The van der Waals surface area contributed by atoms with Gasteiger partial charge < -0.3 is 24.4 Å². The summed E-state index contributed by atoms with van der Waals surface area (Å²) >= 11 is 0. The number of aliphatic hydroxyl groups is 1. The highest BCUT2D eigenvalue weighted by Gasteiger charge is 2.55. The molecule has 1 N–H and O–H groups in total. The van der Waals surface area contributed by atoms with Crippen molar-refractivity contribution >= 4 is 11.4 Å². The number of aryl methyl sites for hydroxylation is 1. The van der Waals surface area contributed by atoms with Crippen molar-refractivity contribution in [2.75, 3.05) is 43.1 Å². The first kappa shape index (κ1) is 25.5. The largest absolute Gasteiger partial charge is 0.497 e. The van der Waals surface area contributed by atoms with E-state index >= 15 is 0 Å². The molecule has 3 aromatic carbocycles. The molecule has 0 saturated carbocycles. The maximum absolute atomic E-state index is 12.3. The average molecular weight is 501 g/mol. The molecule has 37 heavy (non-hydrogen) atoms. The lowest BCUT2D eigenvalue weighted by Gasteiger charge is -2.40. The first-order valence-electron chi connectivity index (χ1n) is 13.4. The van der Waals surface area contributed by atoms with Crippen LogP contribution in [0, 0.1) is 20.8 Å². The average Bonchev–Trinajstić information content (AvgIpc) is 3.13. The van der Waals surface area contributed by atoms with Crippen molar-refractivity contribution in [1.29, 1.82) is 0 Å². The number of fused-ring (bicyclic) bond motifs is 1. The molecule has 0 radical (unpaired) electrons. The fourth-order valence-corrected chi connectivity index (χ4v) is 6.22. The van der Waals surface area contributed by atoms with Crippen LogP contribution >= 0.6 is 0 Å². The van der Waals surface area contributed by atoms with Gasteiger partial charge in [-0.05, 0) is 94.0 Å². The van der Waals surface area contributed by atoms with Gasteiger partial charge >= 0.3 is 0 Å². The SMILES string of the molecule is COc1ccc(N2CCN(c3c(C)c(C)c4c(c3C)C(O)(CCc3ccccc3)C(C)(C)O4)CC2)cc1. The molecule has 0 spiro atoms. The van der Waals surface area contributed by atoms with Crippen LogP contribution in [0.3, 0.4) is 0 Å². The maximum atomic E-state index is 12.3. The van der Waals surface area contributed by atoms with Gasteiger partial charge in [0.25, 0.3) is 0 Å². The molecule has 0 aliphatic carbocycles. The van der Waals surface area contributed by atoms with Crippen molar-refractivity contribution in [1.82, 2.24) is 0 Å². The Hall–Kier alpha value is -3.18. The molecule has 0 aromatic heterocycles. The van der Waals surface area contributed by atoms with E-state index in [1.807, 2.05) is 32.0 Å². The zero-order valence-corrected chi connectivity index (χ0v) is 23.1. The molecule has 0 bridgehead atoms. The molecule has 1 saturated heterocycles. The van der Waals surface area contributed by atoms with E-state index in [1.165, 1.54) is 22.5 Å². The van der Waals surface area contributed by atoms with E-state index in [4.69, 9.17) is 9.47 Å². The van der Waals surface area contributed by atoms with E-state index < -0.39 is 11.2 Å². The molecular weight excluding hydrogens is 460 g/mol. The summed E-state index contributed by atoms with van der Waals surface area (Å²) in [5.41, 5.74) is 6.44. The van der Waals surface area contributed by atoms with Gasteiger partial charge in [-0.2, -0.15) is 0 Å². The van der Waals surface area contributed by atoms with E-state index in [2.05, 4.69) is 67.0 Å². The Labute approximate surface area is 221 Å². The molecule has 2 heterocycles. The number of benzene rings is 3. The van der Waals surface area contributed by atoms with Crippen LogP contribution in [0.5, 0.6) is 11.5 Å². The number of hydrogen-bond donors (Lipinski definition) is 1. The van der Waals surface area contributed by atoms with Gasteiger partial charge in [0.1, 0.15) is 22.7 Å². The summed E-state index contributed by atoms with van der Waals surface area (Å²) < 4.78 is 11.9. The maximum Gasteiger partial charge on any atom is 0.136 e. The van der Waals surface area contributed by atoms with Crippen molar-refractivity contribution in [3.05, 3.63) is 82.4 Å². The lowest BCUT2D eigenvalue weighted by atomic mass is 9.75. The fraction of sp³-hybridized carbons (Fsp3) is 0.438. The minimum absolute atomic E-state index is 0.616. The lowest BCUT2D eigenvalue weighted by molar-refractivity contribution is -0.0995. The Kier molecular flexibility index (Phi) is 6.61. The second-order valence-corrected chi connectivity index (χ2v) is 11.1. The first-order chi connectivity index (χ1) is 17.7. The molecule has 1 atom stereocenters. The Morgan fingerprint density at radius 3 is 2.08 bits per heavy atom. The second-order valence-electron chi connectivity index (χ2n) is 11.1. The number of rotatable bonds is 6. The highest BCUT2D eigenvalue weighted by molar-refractivity contribution is 5.72. The Morgan fingerprint density at radius 1 is 0.838 bits per heavy atom. The molecule has 196 valence electrons. The number of nitrogens with zero attached hydrogens (tertiary/aromatic N) is 2. The summed E-state index contributed by atoms with van der Waals surface area (Å²) in [6.45, 7) is 14.3. The predicted octanol–water partition coefficient (Wildman–Crippen LogP) is 5.94. The minimum atomic E-state index is -1.07. The number of anilines is 2. The highest BCUT2D eigenvalue weighted by atomic mass is 16.5. The Bertz CT molecular complexity index is 1260. The van der Waals surface area contributed by atoms with E-state index in [1.54, 1.807) is 7.11 Å². The summed E-state index contributed by atoms with van der Waals surface area (Å²) in [6.07, 6.45) is 1.41. The van der Waals surface area contributed by atoms with Crippen molar-refractivity contribution in [3.63, 3.8) is 0 Å². The van der Waals surface area contributed by atoms with Crippen LogP contribution in [-0.4, -0.2) is 44.0 Å². The van der Waals surface area contributed by atoms with Gasteiger partial charge in [-0.3, -0.25) is 0 Å². The van der Waals surface area contributed by atoms with Crippen LogP contribution in [0.25, 0.3) is 0 Å². The third kappa shape index (κ3) is 4.33. The van der Waals surface area contributed by atoms with Gasteiger partial charge in [-0.15, -0.1) is 0 Å². The molecule has 1 fully saturated rings. The zero-order valence-electron chi connectivity index (χ0n) is 23.1. The van der Waals surface area contributed by atoms with Crippen molar-refractivity contribution in [2.45, 2.75) is 58.7 Å². The van der Waals surface area contributed by atoms with E-state index in [0.717, 1.165) is 60.8 Å². The zero-order chi connectivity index (χ0) is 26.4. The van der Waals surface area contributed by atoms with Gasteiger partial charge in [0.15, 0.2) is 0 Å². The summed E-state index contributed by atoms with van der Waals surface area (Å²) in [7, 11) is 1.70. The van der Waals surface area contributed by atoms with E-state index in [0.29, 0.717) is 6.42 Å². The molecule has 5 heteroatoms. The highest BCUT2D eigenvalue weighted by Crippen LogP contribution is 2.55. The van der Waals surface area contributed by atoms with E-state index in [-0.39, 0.29) is 0 Å². The third-order valence-corrected chi connectivity index (χ3v) is 8.63. The molecule has 0 amide bonds. The monoisotopic (exact) mass is 500 g/mol. The summed E-state index contributed by atoms with van der Waals surface area (Å²) in [4.78, 5) is 4.93. The van der Waals surface area contributed by atoms with Gasteiger partial charge in [-0.25, -0.2) is 0 Å². The van der Waals surface area contributed by atoms with Crippen molar-refractivity contribution < 1.29 is 14.6 Å². The van der Waals surface area contributed by atoms with Crippen LogP contribution in [0.1, 0.15) is 48.1 Å². The molecule has 2 aliphatic rings. The van der Waals surface area contributed by atoms with Crippen molar-refractivity contribution in [2.24, 2.45) is 0 Å². The molecular formula is C32H40N2O3. The second kappa shape index (κ2) is 9.60. The standard InChI is InChI=1S/C32H40N2O3/c1-22-23(2)30-28(32(35,31(4,5)37-30)17-16-25-10-8-7-9-11-25)24(3)29(22)34-20-18-33(19-21-34)26-12-14-27(36-6)15-13-26/h7-15,35H,16-21H2,1-6H3. The van der Waals surface area contributed by atoms with Crippen molar-refractivity contribution in [3.8, 4) is 11.5 Å². The molecule has 5 rings (SSSR count). The van der Waals surface area contributed by atoms with Gasteiger partial charge in [0.2, 0.25) is 0 Å². The van der Waals surface area contributed by atoms with E-state index in [9.17, 15) is 5.11 Å². The summed E-state index contributed by atoms with van der Waals surface area (Å²) in [5.74, 6) is 1.75. The minimum Gasteiger partial charge on any atom is -0.497 e. The number of ether oxygens (including phenoxy) is 2. The van der Waals surface area contributed by atoms with Gasteiger partial charge in [0.05, 0.1) is 7.11 Å². The van der Waals surface area contributed by atoms with Gasteiger partial charge in [0, 0.05) is 43.1 Å².